The number of hydrogen-bond donors (Lipinski definition) is 1. The summed E-state index contributed by atoms with van der Waals surface area (Å²) >= 11 is 0. The molecule has 0 radical (unpaired) electrons. The number of Topliss-reactive ketones (excluding diaryl/α,β-unsaturated/α-hetero) is 1. The van der Waals surface area contributed by atoms with Crippen molar-refractivity contribution in [2.75, 3.05) is 7.05 Å². The van der Waals surface area contributed by atoms with Crippen molar-refractivity contribution in [3.8, 4) is 11.1 Å². The molecule has 0 aromatic heterocycles. The Morgan fingerprint density at radius 1 is 0.952 bits per heavy atom. The van der Waals surface area contributed by atoms with E-state index >= 15 is 0 Å². The van der Waals surface area contributed by atoms with E-state index in [4.69, 9.17) is 4.84 Å². The van der Waals surface area contributed by atoms with Gasteiger partial charge in [0.2, 0.25) is 5.78 Å². The Labute approximate surface area is 121 Å². The molecule has 2 aromatic rings. The molecule has 104 valence electrons. The molecular weight excluding hydrogens is 268 g/mol. The van der Waals surface area contributed by atoms with Crippen molar-refractivity contribution in [2.24, 2.45) is 5.16 Å². The van der Waals surface area contributed by atoms with Gasteiger partial charge in [-0.15, -0.1) is 0 Å². The first-order valence-electron chi connectivity index (χ1n) is 6.42. The van der Waals surface area contributed by atoms with Gasteiger partial charge in [0.25, 0.3) is 0 Å². The number of amides is 1. The number of carbonyl (C=O) groups excluding carboxylic acids is 2. The zero-order chi connectivity index (χ0) is 14.8. The molecule has 1 amide bonds. The molecule has 3 rings (SSSR count). The van der Waals surface area contributed by atoms with Gasteiger partial charge in [0, 0.05) is 18.2 Å². The first kappa shape index (κ1) is 13.1. The van der Waals surface area contributed by atoms with Crippen molar-refractivity contribution in [3.63, 3.8) is 0 Å². The molecule has 5 nitrogen and oxygen atoms in total. The first-order chi connectivity index (χ1) is 10.2. The highest BCUT2D eigenvalue weighted by atomic mass is 16.7. The third kappa shape index (κ3) is 2.18. The Morgan fingerprint density at radius 2 is 1.48 bits per heavy atom. The van der Waals surface area contributed by atoms with Crippen LogP contribution in [-0.2, 0) is 4.84 Å². The Morgan fingerprint density at radius 3 is 2.10 bits per heavy atom. The minimum Gasteiger partial charge on any atom is -0.323 e. The van der Waals surface area contributed by atoms with E-state index in [0.717, 1.165) is 11.1 Å². The van der Waals surface area contributed by atoms with Crippen LogP contribution in [0.1, 0.15) is 15.9 Å². The number of nitrogens with zero attached hydrogens (tertiary/aromatic N) is 1. The monoisotopic (exact) mass is 280 g/mol. The number of nitrogens with one attached hydrogen (secondary N) is 1. The van der Waals surface area contributed by atoms with Crippen LogP contribution in [0.4, 0.5) is 4.79 Å². The van der Waals surface area contributed by atoms with Crippen LogP contribution < -0.4 is 5.32 Å². The molecule has 2 aromatic carbocycles. The highest BCUT2D eigenvalue weighted by Gasteiger charge is 2.28. The average Bonchev–Trinajstić information content (AvgIpc) is 2.54. The largest absolute Gasteiger partial charge is 0.433 e. The van der Waals surface area contributed by atoms with Gasteiger partial charge in [-0.25, -0.2) is 4.79 Å². The Balaban J connectivity index is 2.16. The van der Waals surface area contributed by atoms with E-state index in [1.807, 2.05) is 30.3 Å². The summed E-state index contributed by atoms with van der Waals surface area (Å²) in [5.74, 6) is -0.256. The fraction of sp³-hybridized carbons (Fsp3) is 0.0625. The summed E-state index contributed by atoms with van der Waals surface area (Å²) in [4.78, 5) is 28.4. The summed E-state index contributed by atoms with van der Waals surface area (Å²) in [6, 6.07) is 14.7. The number of carbonyl (C=O) groups is 2. The number of fused-ring (bicyclic) bond motifs is 3. The average molecular weight is 280 g/mol. The lowest BCUT2D eigenvalue weighted by molar-refractivity contribution is 0.105. The van der Waals surface area contributed by atoms with Crippen LogP contribution in [0.25, 0.3) is 11.1 Å². The maximum Gasteiger partial charge on any atom is 0.433 e. The zero-order valence-corrected chi connectivity index (χ0v) is 11.3. The maximum atomic E-state index is 12.5. The predicted molar refractivity (Wildman–Crippen MR) is 78.3 cm³/mol. The molecule has 5 heteroatoms. The van der Waals surface area contributed by atoms with E-state index in [2.05, 4.69) is 10.5 Å². The van der Waals surface area contributed by atoms with Crippen molar-refractivity contribution in [3.05, 3.63) is 59.7 Å². The van der Waals surface area contributed by atoms with Gasteiger partial charge in [0.15, 0.2) is 5.71 Å². The van der Waals surface area contributed by atoms with Gasteiger partial charge < -0.3 is 5.32 Å². The third-order valence-electron chi connectivity index (χ3n) is 3.28. The summed E-state index contributed by atoms with van der Waals surface area (Å²) < 4.78 is 0. The van der Waals surface area contributed by atoms with Crippen LogP contribution in [0.15, 0.2) is 53.7 Å². The van der Waals surface area contributed by atoms with Crippen molar-refractivity contribution >= 4 is 17.6 Å². The second kappa shape index (κ2) is 5.20. The number of ketones is 1. The van der Waals surface area contributed by atoms with Crippen molar-refractivity contribution in [1.29, 1.82) is 0 Å². The molecule has 1 aliphatic carbocycles. The molecule has 1 aliphatic rings. The number of rotatable bonds is 1. The van der Waals surface area contributed by atoms with Crippen LogP contribution >= 0.6 is 0 Å². The minimum atomic E-state index is -0.716. The smallest absolute Gasteiger partial charge is 0.323 e. The number of oxime groups is 1. The van der Waals surface area contributed by atoms with Gasteiger partial charge >= 0.3 is 6.09 Å². The van der Waals surface area contributed by atoms with Gasteiger partial charge in [0.05, 0.1) is 0 Å². The van der Waals surface area contributed by atoms with E-state index in [9.17, 15) is 9.59 Å². The molecule has 0 aliphatic heterocycles. The standard InChI is InChI=1S/C16H12N2O3/c1-17-16(20)21-18-14-12-8-4-2-6-10(12)11-7-3-5-9-13(11)15(14)19/h2-9H,1H3,(H,17,20). The maximum absolute atomic E-state index is 12.5. The van der Waals surface area contributed by atoms with Crippen molar-refractivity contribution in [2.45, 2.75) is 0 Å². The van der Waals surface area contributed by atoms with Crippen LogP contribution in [0, 0.1) is 0 Å². The van der Waals surface area contributed by atoms with Crippen molar-refractivity contribution < 1.29 is 14.4 Å². The topological polar surface area (TPSA) is 67.8 Å². The zero-order valence-electron chi connectivity index (χ0n) is 11.3. The van der Waals surface area contributed by atoms with E-state index in [0.29, 0.717) is 11.1 Å². The Kier molecular flexibility index (Phi) is 3.23. The lowest BCUT2D eigenvalue weighted by atomic mass is 9.83. The van der Waals surface area contributed by atoms with Crippen LogP contribution in [0.2, 0.25) is 0 Å². The molecule has 1 N–H and O–H groups in total. The molecular formula is C16H12N2O3. The van der Waals surface area contributed by atoms with Gasteiger partial charge in [-0.1, -0.05) is 53.7 Å². The highest BCUT2D eigenvalue weighted by molar-refractivity contribution is 6.54. The van der Waals surface area contributed by atoms with E-state index in [1.54, 1.807) is 18.2 Å². The highest BCUT2D eigenvalue weighted by Crippen LogP contribution is 2.33. The van der Waals surface area contributed by atoms with E-state index in [-0.39, 0.29) is 11.5 Å². The van der Waals surface area contributed by atoms with Crippen molar-refractivity contribution in [1.82, 2.24) is 5.32 Å². The molecule has 0 heterocycles. The second-order valence-electron chi connectivity index (χ2n) is 4.49. The van der Waals surface area contributed by atoms with E-state index in [1.165, 1.54) is 7.05 Å². The van der Waals surface area contributed by atoms with Gasteiger partial charge in [-0.2, -0.15) is 0 Å². The Bertz CT molecular complexity index is 766. The molecule has 0 saturated heterocycles. The quantitative estimate of drug-likeness (QED) is 0.645. The summed E-state index contributed by atoms with van der Waals surface area (Å²) in [6.45, 7) is 0. The Hall–Kier alpha value is -2.95. The number of benzene rings is 2. The normalized spacial score (nSPS) is 14.3. The number of hydrogen-bond acceptors (Lipinski definition) is 4. The lowest BCUT2D eigenvalue weighted by Gasteiger charge is -2.19. The fourth-order valence-electron chi connectivity index (χ4n) is 2.31. The van der Waals surface area contributed by atoms with Crippen LogP contribution in [-0.4, -0.2) is 24.6 Å². The summed E-state index contributed by atoms with van der Waals surface area (Å²) in [7, 11) is 1.43. The molecule has 0 bridgehead atoms. The minimum absolute atomic E-state index is 0.132. The van der Waals surface area contributed by atoms with Gasteiger partial charge in [0.1, 0.15) is 0 Å². The second-order valence-corrected chi connectivity index (χ2v) is 4.49. The molecule has 0 unspecified atom stereocenters. The van der Waals surface area contributed by atoms with Crippen LogP contribution in [0.3, 0.4) is 0 Å². The van der Waals surface area contributed by atoms with Gasteiger partial charge in [-0.3, -0.25) is 9.63 Å². The third-order valence-corrected chi connectivity index (χ3v) is 3.28. The molecule has 0 saturated carbocycles. The summed E-state index contributed by atoms with van der Waals surface area (Å²) in [5, 5.41) is 6.01. The fourth-order valence-corrected chi connectivity index (χ4v) is 2.31. The van der Waals surface area contributed by atoms with Crippen LogP contribution in [0.5, 0.6) is 0 Å². The predicted octanol–water partition coefficient (Wildman–Crippen LogP) is 2.61. The first-order valence-corrected chi connectivity index (χ1v) is 6.42. The van der Waals surface area contributed by atoms with E-state index < -0.39 is 6.09 Å². The molecule has 21 heavy (non-hydrogen) atoms. The lowest BCUT2D eigenvalue weighted by Crippen LogP contribution is -2.24. The molecule has 0 spiro atoms. The van der Waals surface area contributed by atoms with Gasteiger partial charge in [-0.05, 0) is 11.1 Å². The summed E-state index contributed by atoms with van der Waals surface area (Å²) in [6.07, 6.45) is -0.716. The SMILES string of the molecule is CNC(=O)ON=C1C(=O)c2ccccc2-c2ccccc21. The molecule has 0 atom stereocenters. The summed E-state index contributed by atoms with van der Waals surface area (Å²) in [5.41, 5.74) is 3.09. The molecule has 0 fully saturated rings.